The van der Waals surface area contributed by atoms with Gasteiger partial charge in [-0.3, -0.25) is 9.69 Å². The number of oxazole rings is 1. The van der Waals surface area contributed by atoms with Crippen molar-refractivity contribution in [3.63, 3.8) is 0 Å². The number of hydrogen-bond acceptors (Lipinski definition) is 3. The van der Waals surface area contributed by atoms with Crippen molar-refractivity contribution in [3.05, 3.63) is 12.0 Å². The third kappa shape index (κ3) is 3.58. The van der Waals surface area contributed by atoms with Crippen molar-refractivity contribution >= 4 is 11.9 Å². The fourth-order valence-corrected chi connectivity index (χ4v) is 1.48. The van der Waals surface area contributed by atoms with Crippen molar-refractivity contribution in [1.29, 1.82) is 0 Å². The number of amides is 1. The van der Waals surface area contributed by atoms with Crippen LogP contribution < -0.4 is 4.90 Å². The maximum Gasteiger partial charge on any atom is 0.304 e. The molecule has 4 heteroatoms. The van der Waals surface area contributed by atoms with Crippen LogP contribution in [0, 0.1) is 18.8 Å². The van der Waals surface area contributed by atoms with Gasteiger partial charge in [-0.1, -0.05) is 34.1 Å². The molecule has 1 rings (SSSR count). The topological polar surface area (TPSA) is 46.3 Å². The summed E-state index contributed by atoms with van der Waals surface area (Å²) in [6.45, 7) is 10.5. The molecule has 96 valence electrons. The second-order valence-electron chi connectivity index (χ2n) is 4.89. The lowest BCUT2D eigenvalue weighted by atomic mass is 10.1. The van der Waals surface area contributed by atoms with E-state index >= 15 is 0 Å². The first kappa shape index (κ1) is 13.7. The summed E-state index contributed by atoms with van der Waals surface area (Å²) >= 11 is 0. The Morgan fingerprint density at radius 2 is 2.12 bits per heavy atom. The van der Waals surface area contributed by atoms with Gasteiger partial charge in [0, 0.05) is 12.5 Å². The quantitative estimate of drug-likeness (QED) is 0.792. The van der Waals surface area contributed by atoms with Gasteiger partial charge in [-0.05, 0) is 12.8 Å². The van der Waals surface area contributed by atoms with E-state index in [0.717, 1.165) is 12.1 Å². The molecule has 17 heavy (non-hydrogen) atoms. The van der Waals surface area contributed by atoms with E-state index in [1.165, 1.54) is 0 Å². The number of nitrogens with zero attached hydrogens (tertiary/aromatic N) is 2. The number of rotatable bonds is 5. The molecule has 4 nitrogen and oxygen atoms in total. The van der Waals surface area contributed by atoms with Gasteiger partial charge in [-0.25, -0.2) is 0 Å². The van der Waals surface area contributed by atoms with Crippen LogP contribution in [0.2, 0.25) is 0 Å². The summed E-state index contributed by atoms with van der Waals surface area (Å²) in [6, 6.07) is 0.418. The van der Waals surface area contributed by atoms with Gasteiger partial charge in [0.1, 0.15) is 6.26 Å². The summed E-state index contributed by atoms with van der Waals surface area (Å²) in [5, 5.41) is 0. The molecule has 0 fully saturated rings. The maximum atomic E-state index is 12.1. The molecule has 1 atom stereocenters. The molecule has 0 aromatic carbocycles. The van der Waals surface area contributed by atoms with Crippen molar-refractivity contribution < 1.29 is 9.21 Å². The smallest absolute Gasteiger partial charge is 0.304 e. The summed E-state index contributed by atoms with van der Waals surface area (Å²) in [4.78, 5) is 18.0. The van der Waals surface area contributed by atoms with Crippen LogP contribution in [0.25, 0.3) is 0 Å². The second kappa shape index (κ2) is 5.84. The normalized spacial score (nSPS) is 12.8. The van der Waals surface area contributed by atoms with E-state index in [1.807, 2.05) is 20.8 Å². The van der Waals surface area contributed by atoms with E-state index in [1.54, 1.807) is 11.2 Å². The predicted molar refractivity (Wildman–Crippen MR) is 67.9 cm³/mol. The lowest BCUT2D eigenvalue weighted by molar-refractivity contribution is -0.121. The summed E-state index contributed by atoms with van der Waals surface area (Å²) in [7, 11) is 0. The lowest BCUT2D eigenvalue weighted by Gasteiger charge is -2.23. The van der Waals surface area contributed by atoms with Gasteiger partial charge in [0.25, 0.3) is 0 Å². The number of carbonyl (C=O) groups excluding carboxylic acids is 1. The standard InChI is InChI=1S/C13H22N2O2/c1-6-10(4)7-15(12(16)9(2)3)13-14-11(5)8-17-13/h8-10H,6-7H2,1-5H3/t10-/m1/s1. The molecule has 0 bridgehead atoms. The van der Waals surface area contributed by atoms with Crippen LogP contribution in [0.15, 0.2) is 10.7 Å². The van der Waals surface area contributed by atoms with Gasteiger partial charge in [-0.2, -0.15) is 4.98 Å². The highest BCUT2D eigenvalue weighted by Crippen LogP contribution is 2.18. The molecular weight excluding hydrogens is 216 g/mol. The van der Waals surface area contributed by atoms with Gasteiger partial charge in [0.2, 0.25) is 5.91 Å². The Kier molecular flexibility index (Phi) is 4.73. The van der Waals surface area contributed by atoms with Gasteiger partial charge >= 0.3 is 6.01 Å². The molecule has 0 N–H and O–H groups in total. The maximum absolute atomic E-state index is 12.1. The Bertz CT molecular complexity index is 371. The first-order valence-corrected chi connectivity index (χ1v) is 6.19. The molecule has 1 heterocycles. The Balaban J connectivity index is 2.90. The molecule has 0 spiro atoms. The first-order chi connectivity index (χ1) is 7.95. The Hall–Kier alpha value is -1.32. The number of hydrogen-bond donors (Lipinski definition) is 0. The fourth-order valence-electron chi connectivity index (χ4n) is 1.48. The molecule has 0 saturated carbocycles. The molecule has 0 aliphatic rings. The van der Waals surface area contributed by atoms with Crippen molar-refractivity contribution in [2.45, 2.75) is 41.0 Å². The minimum absolute atomic E-state index is 0.0498. The monoisotopic (exact) mass is 238 g/mol. The highest BCUT2D eigenvalue weighted by Gasteiger charge is 2.24. The third-order valence-electron chi connectivity index (χ3n) is 2.79. The minimum Gasteiger partial charge on any atom is -0.431 e. The molecule has 0 aliphatic carbocycles. The van der Waals surface area contributed by atoms with Gasteiger partial charge in [-0.15, -0.1) is 0 Å². The molecule has 1 aromatic rings. The number of aryl methyl sites for hydroxylation is 1. The second-order valence-corrected chi connectivity index (χ2v) is 4.89. The molecule has 0 aliphatic heterocycles. The molecule has 0 unspecified atom stereocenters. The Labute approximate surface area is 103 Å². The molecular formula is C13H22N2O2. The van der Waals surface area contributed by atoms with E-state index in [0.29, 0.717) is 18.5 Å². The van der Waals surface area contributed by atoms with Gasteiger partial charge in [0.15, 0.2) is 0 Å². The van der Waals surface area contributed by atoms with Crippen LogP contribution in [-0.4, -0.2) is 17.4 Å². The van der Waals surface area contributed by atoms with Crippen LogP contribution in [0.3, 0.4) is 0 Å². The van der Waals surface area contributed by atoms with E-state index in [2.05, 4.69) is 18.8 Å². The highest BCUT2D eigenvalue weighted by atomic mass is 16.4. The highest BCUT2D eigenvalue weighted by molar-refractivity contribution is 5.92. The van der Waals surface area contributed by atoms with E-state index in [-0.39, 0.29) is 11.8 Å². The Morgan fingerprint density at radius 1 is 1.47 bits per heavy atom. The van der Waals surface area contributed by atoms with E-state index in [9.17, 15) is 4.79 Å². The minimum atomic E-state index is -0.0498. The van der Waals surface area contributed by atoms with Crippen LogP contribution in [0.4, 0.5) is 6.01 Å². The molecule has 1 amide bonds. The number of carbonyl (C=O) groups is 1. The summed E-state index contributed by atoms with van der Waals surface area (Å²) in [5.74, 6) is 0.448. The van der Waals surface area contributed by atoms with Gasteiger partial charge in [0.05, 0.1) is 5.69 Å². The van der Waals surface area contributed by atoms with Crippen molar-refractivity contribution in [3.8, 4) is 0 Å². The summed E-state index contributed by atoms with van der Waals surface area (Å²) in [6.07, 6.45) is 2.61. The largest absolute Gasteiger partial charge is 0.431 e. The van der Waals surface area contributed by atoms with Crippen molar-refractivity contribution in [2.24, 2.45) is 11.8 Å². The van der Waals surface area contributed by atoms with Crippen molar-refractivity contribution in [2.75, 3.05) is 11.4 Å². The SMILES string of the molecule is CC[C@@H](C)CN(C(=O)C(C)C)c1nc(C)co1. The average Bonchev–Trinajstić information content (AvgIpc) is 2.71. The number of aromatic nitrogens is 1. The molecule has 0 saturated heterocycles. The van der Waals surface area contributed by atoms with Gasteiger partial charge < -0.3 is 4.42 Å². The lowest BCUT2D eigenvalue weighted by Crippen LogP contribution is -2.37. The first-order valence-electron chi connectivity index (χ1n) is 6.19. The van der Waals surface area contributed by atoms with Crippen LogP contribution in [0.5, 0.6) is 0 Å². The zero-order valence-corrected chi connectivity index (χ0v) is 11.4. The van der Waals surface area contributed by atoms with Crippen LogP contribution >= 0.6 is 0 Å². The Morgan fingerprint density at radius 3 is 2.53 bits per heavy atom. The van der Waals surface area contributed by atoms with Crippen molar-refractivity contribution in [1.82, 2.24) is 4.98 Å². The third-order valence-corrected chi connectivity index (χ3v) is 2.79. The van der Waals surface area contributed by atoms with E-state index in [4.69, 9.17) is 4.42 Å². The van der Waals surface area contributed by atoms with Crippen LogP contribution in [0.1, 0.15) is 39.8 Å². The fraction of sp³-hybridized carbons (Fsp3) is 0.692. The molecule has 1 aromatic heterocycles. The molecule has 0 radical (unpaired) electrons. The zero-order valence-electron chi connectivity index (χ0n) is 11.4. The van der Waals surface area contributed by atoms with E-state index < -0.39 is 0 Å². The average molecular weight is 238 g/mol. The zero-order chi connectivity index (χ0) is 13.0. The predicted octanol–water partition coefficient (Wildman–Crippen LogP) is 3.02. The summed E-state index contributed by atoms with van der Waals surface area (Å²) in [5.41, 5.74) is 0.797. The number of anilines is 1. The van der Waals surface area contributed by atoms with Crippen LogP contribution in [-0.2, 0) is 4.79 Å². The summed E-state index contributed by atoms with van der Waals surface area (Å²) < 4.78 is 5.34.